The number of benzene rings is 2. The van der Waals surface area contributed by atoms with Crippen molar-refractivity contribution in [1.29, 1.82) is 0 Å². The van der Waals surface area contributed by atoms with E-state index < -0.39 is 0 Å². The normalized spacial score (nSPS) is 17.5. The van der Waals surface area contributed by atoms with Crippen molar-refractivity contribution in [3.8, 4) is 11.5 Å². The van der Waals surface area contributed by atoms with Crippen molar-refractivity contribution < 1.29 is 14.6 Å². The van der Waals surface area contributed by atoms with E-state index in [1.54, 1.807) is 17.0 Å². The van der Waals surface area contributed by atoms with Crippen LogP contribution in [0.15, 0.2) is 48.5 Å². The number of hydrogen-bond acceptors (Lipinski definition) is 4. The molecule has 1 fully saturated rings. The zero-order valence-electron chi connectivity index (χ0n) is 13.1. The molecule has 0 spiro atoms. The van der Waals surface area contributed by atoms with Gasteiger partial charge in [-0.3, -0.25) is 4.79 Å². The molecule has 2 aromatic rings. The van der Waals surface area contributed by atoms with Crippen LogP contribution in [-0.4, -0.2) is 42.2 Å². The van der Waals surface area contributed by atoms with Gasteiger partial charge in [-0.2, -0.15) is 0 Å². The third kappa shape index (κ3) is 3.80. The average molecular weight is 347 g/mol. The molecule has 0 bridgehead atoms. The molecule has 24 heavy (non-hydrogen) atoms. The molecule has 1 aliphatic rings. The van der Waals surface area contributed by atoms with Crippen LogP contribution in [0, 0.1) is 0 Å². The Balaban J connectivity index is 1.69. The summed E-state index contributed by atoms with van der Waals surface area (Å²) < 4.78 is 5.53. The summed E-state index contributed by atoms with van der Waals surface area (Å²) in [6.45, 7) is 1.96. The number of amides is 1. The summed E-state index contributed by atoms with van der Waals surface area (Å²) in [4.78, 5) is 14.4. The Labute approximate surface area is 145 Å². The molecule has 2 N–H and O–H groups in total. The Hall–Kier alpha value is -2.24. The van der Waals surface area contributed by atoms with E-state index in [4.69, 9.17) is 16.3 Å². The number of phenolic OH excluding ortho intramolecular Hbond substituents is 1. The number of aromatic hydroxyl groups is 1. The Bertz CT molecular complexity index is 706. The summed E-state index contributed by atoms with van der Waals surface area (Å²) in [5.74, 6) is 0.620. The fourth-order valence-corrected chi connectivity index (χ4v) is 3.06. The van der Waals surface area contributed by atoms with Gasteiger partial charge >= 0.3 is 0 Å². The van der Waals surface area contributed by atoms with E-state index in [-0.39, 0.29) is 24.3 Å². The van der Waals surface area contributed by atoms with E-state index in [0.717, 1.165) is 12.1 Å². The van der Waals surface area contributed by atoms with Crippen molar-refractivity contribution in [3.63, 3.8) is 0 Å². The summed E-state index contributed by atoms with van der Waals surface area (Å²) in [5, 5.41) is 13.2. The first-order valence-corrected chi connectivity index (χ1v) is 8.19. The van der Waals surface area contributed by atoms with Gasteiger partial charge in [0.25, 0.3) is 5.91 Å². The van der Waals surface area contributed by atoms with Gasteiger partial charge in [-0.05, 0) is 35.9 Å². The molecule has 0 radical (unpaired) electrons. The highest BCUT2D eigenvalue weighted by molar-refractivity contribution is 6.31. The number of nitrogens with zero attached hydrogens (tertiary/aromatic N) is 1. The van der Waals surface area contributed by atoms with Crippen LogP contribution < -0.4 is 10.1 Å². The standard InChI is InChI=1S/C18H19ClN2O3/c19-16-4-2-1-3-15(16)17-11-20-9-10-21(17)18(23)12-24-14-7-5-13(22)6-8-14/h1-8,17,20,22H,9-12H2. The van der Waals surface area contributed by atoms with Crippen LogP contribution in [0.2, 0.25) is 5.02 Å². The summed E-state index contributed by atoms with van der Waals surface area (Å²) >= 11 is 6.29. The minimum Gasteiger partial charge on any atom is -0.508 e. The Morgan fingerprint density at radius 2 is 2.00 bits per heavy atom. The van der Waals surface area contributed by atoms with Gasteiger partial charge in [0.15, 0.2) is 6.61 Å². The summed E-state index contributed by atoms with van der Waals surface area (Å²) in [7, 11) is 0. The number of halogens is 1. The topological polar surface area (TPSA) is 61.8 Å². The quantitative estimate of drug-likeness (QED) is 0.893. The zero-order chi connectivity index (χ0) is 16.9. The molecule has 1 amide bonds. The highest BCUT2D eigenvalue weighted by Gasteiger charge is 2.29. The van der Waals surface area contributed by atoms with E-state index in [2.05, 4.69) is 5.32 Å². The van der Waals surface area contributed by atoms with Crippen LogP contribution in [0.3, 0.4) is 0 Å². The molecule has 1 aliphatic heterocycles. The lowest BCUT2D eigenvalue weighted by atomic mass is 10.0. The third-order valence-electron chi connectivity index (χ3n) is 4.03. The second kappa shape index (κ2) is 7.55. The first-order valence-electron chi connectivity index (χ1n) is 7.81. The molecule has 0 aromatic heterocycles. The predicted octanol–water partition coefficient (Wildman–Crippen LogP) is 2.60. The number of carbonyl (C=O) groups is 1. The van der Waals surface area contributed by atoms with Crippen molar-refractivity contribution >= 4 is 17.5 Å². The van der Waals surface area contributed by atoms with Crippen LogP contribution >= 0.6 is 11.6 Å². The maximum absolute atomic E-state index is 12.6. The van der Waals surface area contributed by atoms with E-state index >= 15 is 0 Å². The van der Waals surface area contributed by atoms with Gasteiger partial charge in [0.2, 0.25) is 0 Å². The van der Waals surface area contributed by atoms with Crippen molar-refractivity contribution in [2.24, 2.45) is 0 Å². The zero-order valence-corrected chi connectivity index (χ0v) is 13.9. The van der Waals surface area contributed by atoms with E-state index in [1.165, 1.54) is 12.1 Å². The van der Waals surface area contributed by atoms with E-state index in [1.807, 2.05) is 24.3 Å². The molecular formula is C18H19ClN2O3. The molecule has 5 nitrogen and oxygen atoms in total. The van der Waals surface area contributed by atoms with Gasteiger partial charge in [-0.1, -0.05) is 29.8 Å². The summed E-state index contributed by atoms with van der Waals surface area (Å²) in [6, 6.07) is 13.8. The fourth-order valence-electron chi connectivity index (χ4n) is 2.80. The van der Waals surface area contributed by atoms with Gasteiger partial charge in [0.1, 0.15) is 11.5 Å². The number of piperazine rings is 1. The molecular weight excluding hydrogens is 328 g/mol. The third-order valence-corrected chi connectivity index (χ3v) is 4.37. The molecule has 1 unspecified atom stereocenters. The molecule has 1 heterocycles. The van der Waals surface area contributed by atoms with E-state index in [0.29, 0.717) is 23.9 Å². The molecule has 1 saturated heterocycles. The molecule has 3 rings (SSSR count). The minimum absolute atomic E-state index is 0.0499. The highest BCUT2D eigenvalue weighted by Crippen LogP contribution is 2.28. The van der Waals surface area contributed by atoms with Gasteiger partial charge in [0.05, 0.1) is 6.04 Å². The van der Waals surface area contributed by atoms with Crippen LogP contribution in [0.1, 0.15) is 11.6 Å². The number of nitrogens with one attached hydrogen (secondary N) is 1. The Kier molecular flexibility index (Phi) is 5.23. The van der Waals surface area contributed by atoms with Gasteiger partial charge in [0, 0.05) is 24.7 Å². The van der Waals surface area contributed by atoms with Crippen LogP contribution in [-0.2, 0) is 4.79 Å². The van der Waals surface area contributed by atoms with Crippen LogP contribution in [0.25, 0.3) is 0 Å². The lowest BCUT2D eigenvalue weighted by molar-refractivity contribution is -0.136. The number of phenols is 1. The van der Waals surface area contributed by atoms with Crippen molar-refractivity contribution in [1.82, 2.24) is 10.2 Å². The van der Waals surface area contributed by atoms with Crippen molar-refractivity contribution in [3.05, 3.63) is 59.1 Å². The largest absolute Gasteiger partial charge is 0.508 e. The van der Waals surface area contributed by atoms with Gasteiger partial charge in [-0.15, -0.1) is 0 Å². The van der Waals surface area contributed by atoms with Crippen molar-refractivity contribution in [2.45, 2.75) is 6.04 Å². The second-order valence-corrected chi connectivity index (χ2v) is 6.02. The monoisotopic (exact) mass is 346 g/mol. The summed E-state index contributed by atoms with van der Waals surface area (Å²) in [5.41, 5.74) is 0.935. The number of rotatable bonds is 4. The molecule has 0 aliphatic carbocycles. The second-order valence-electron chi connectivity index (χ2n) is 5.61. The lowest BCUT2D eigenvalue weighted by Crippen LogP contribution is -2.50. The molecule has 126 valence electrons. The van der Waals surface area contributed by atoms with Crippen LogP contribution in [0.5, 0.6) is 11.5 Å². The maximum Gasteiger partial charge on any atom is 0.261 e. The molecule has 0 saturated carbocycles. The Morgan fingerprint density at radius 1 is 1.25 bits per heavy atom. The molecule has 1 atom stereocenters. The summed E-state index contributed by atoms with van der Waals surface area (Å²) in [6.07, 6.45) is 0. The maximum atomic E-state index is 12.6. The number of carbonyl (C=O) groups excluding carboxylic acids is 1. The lowest BCUT2D eigenvalue weighted by Gasteiger charge is -2.36. The van der Waals surface area contributed by atoms with E-state index in [9.17, 15) is 9.90 Å². The molecule has 6 heteroatoms. The SMILES string of the molecule is O=C(COc1ccc(O)cc1)N1CCNCC1c1ccccc1Cl. The average Bonchev–Trinajstić information content (AvgIpc) is 2.61. The number of ether oxygens (including phenoxy) is 1. The highest BCUT2D eigenvalue weighted by atomic mass is 35.5. The fraction of sp³-hybridized carbons (Fsp3) is 0.278. The van der Waals surface area contributed by atoms with Gasteiger partial charge < -0.3 is 20.1 Å². The van der Waals surface area contributed by atoms with Gasteiger partial charge in [-0.25, -0.2) is 0 Å². The first-order chi connectivity index (χ1) is 11.6. The molecule has 2 aromatic carbocycles. The number of hydrogen-bond donors (Lipinski definition) is 2. The van der Waals surface area contributed by atoms with Crippen LogP contribution in [0.4, 0.5) is 0 Å². The minimum atomic E-state index is -0.108. The predicted molar refractivity (Wildman–Crippen MR) is 92.4 cm³/mol. The first kappa shape index (κ1) is 16.6. The smallest absolute Gasteiger partial charge is 0.261 e. The Morgan fingerprint density at radius 3 is 2.75 bits per heavy atom. The van der Waals surface area contributed by atoms with Crippen molar-refractivity contribution in [2.75, 3.05) is 26.2 Å².